The summed E-state index contributed by atoms with van der Waals surface area (Å²) in [6, 6.07) is -1.26. The lowest BCUT2D eigenvalue weighted by atomic mass is 9.97. The summed E-state index contributed by atoms with van der Waals surface area (Å²) in [5.41, 5.74) is 0. The van der Waals surface area contributed by atoms with Crippen molar-refractivity contribution in [2.75, 3.05) is 0 Å². The van der Waals surface area contributed by atoms with Gasteiger partial charge in [0, 0.05) is 6.92 Å². The molecule has 0 spiro atoms. The molecular formula is C8H13NO7. The quantitative estimate of drug-likeness (QED) is 0.344. The summed E-state index contributed by atoms with van der Waals surface area (Å²) in [6.45, 7) is 1.15. The third-order valence-corrected chi connectivity index (χ3v) is 2.23. The van der Waals surface area contributed by atoms with Crippen molar-refractivity contribution in [2.24, 2.45) is 0 Å². The van der Waals surface area contributed by atoms with Crippen molar-refractivity contribution in [2.45, 2.75) is 37.6 Å². The number of aliphatic hydroxyl groups excluding tert-OH is 3. The first-order valence-corrected chi connectivity index (χ1v) is 4.54. The van der Waals surface area contributed by atoms with Crippen LogP contribution in [-0.2, 0) is 14.3 Å². The molecule has 1 saturated heterocycles. The van der Waals surface area contributed by atoms with Crippen LogP contribution in [0.1, 0.15) is 6.92 Å². The fourth-order valence-corrected chi connectivity index (χ4v) is 1.47. The van der Waals surface area contributed by atoms with Crippen LogP contribution in [0, 0.1) is 0 Å². The van der Waals surface area contributed by atoms with Crippen molar-refractivity contribution < 1.29 is 34.8 Å². The van der Waals surface area contributed by atoms with Crippen LogP contribution in [0.4, 0.5) is 0 Å². The lowest BCUT2D eigenvalue weighted by Gasteiger charge is -2.39. The van der Waals surface area contributed by atoms with Gasteiger partial charge in [-0.25, -0.2) is 4.79 Å². The number of carboxylic acids is 1. The Hall–Kier alpha value is -1.22. The first-order valence-electron chi connectivity index (χ1n) is 4.54. The van der Waals surface area contributed by atoms with Gasteiger partial charge in [0.15, 0.2) is 12.4 Å². The lowest BCUT2D eigenvalue weighted by Crippen LogP contribution is -2.64. The van der Waals surface area contributed by atoms with Crippen molar-refractivity contribution in [3.63, 3.8) is 0 Å². The monoisotopic (exact) mass is 235 g/mol. The fraction of sp³-hybridized carbons (Fsp3) is 0.750. The van der Waals surface area contributed by atoms with E-state index in [1.165, 1.54) is 0 Å². The normalized spacial score (nSPS) is 39.1. The van der Waals surface area contributed by atoms with Gasteiger partial charge in [-0.15, -0.1) is 0 Å². The first kappa shape index (κ1) is 12.8. The van der Waals surface area contributed by atoms with Crippen LogP contribution in [0.15, 0.2) is 0 Å². The molecule has 1 amide bonds. The maximum Gasteiger partial charge on any atom is 0.335 e. The molecule has 0 aromatic heterocycles. The van der Waals surface area contributed by atoms with Gasteiger partial charge in [0.25, 0.3) is 0 Å². The molecule has 0 aromatic carbocycles. The molecule has 1 rings (SSSR count). The zero-order valence-electron chi connectivity index (χ0n) is 8.40. The van der Waals surface area contributed by atoms with Gasteiger partial charge in [0.05, 0.1) is 0 Å². The van der Waals surface area contributed by atoms with E-state index in [0.717, 1.165) is 6.92 Å². The summed E-state index contributed by atoms with van der Waals surface area (Å²) in [5.74, 6) is -2.06. The summed E-state index contributed by atoms with van der Waals surface area (Å²) in [7, 11) is 0. The highest BCUT2D eigenvalue weighted by Crippen LogP contribution is 2.20. The lowest BCUT2D eigenvalue weighted by molar-refractivity contribution is -0.249. The molecule has 1 aliphatic heterocycles. The van der Waals surface area contributed by atoms with Crippen molar-refractivity contribution in [1.82, 2.24) is 5.32 Å². The molecule has 0 unspecified atom stereocenters. The number of aliphatic carboxylic acids is 1. The SMILES string of the molecule is CC(=O)N[C@@H]1[C@H](O)[C@H](O)[C@H](C(=O)O)O[C@H]1O. The Morgan fingerprint density at radius 2 is 1.75 bits per heavy atom. The number of amides is 1. The maximum absolute atomic E-state index is 10.7. The van der Waals surface area contributed by atoms with Gasteiger partial charge < -0.3 is 30.5 Å². The predicted octanol–water partition coefficient (Wildman–Crippen LogP) is -2.99. The first-order chi connectivity index (χ1) is 7.34. The van der Waals surface area contributed by atoms with E-state index in [1.54, 1.807) is 0 Å². The number of nitrogens with one attached hydrogen (secondary N) is 1. The molecule has 8 nitrogen and oxygen atoms in total. The van der Waals surface area contributed by atoms with Crippen LogP contribution >= 0.6 is 0 Å². The van der Waals surface area contributed by atoms with Crippen molar-refractivity contribution in [1.29, 1.82) is 0 Å². The Morgan fingerprint density at radius 1 is 1.19 bits per heavy atom. The smallest absolute Gasteiger partial charge is 0.335 e. The molecule has 0 aliphatic carbocycles. The van der Waals surface area contributed by atoms with Crippen molar-refractivity contribution in [3.8, 4) is 0 Å². The number of carboxylic acid groups (broad SMARTS) is 1. The molecule has 0 radical (unpaired) electrons. The summed E-state index contributed by atoms with van der Waals surface area (Å²) < 4.78 is 4.58. The zero-order chi connectivity index (χ0) is 12.5. The van der Waals surface area contributed by atoms with E-state index in [2.05, 4.69) is 10.1 Å². The van der Waals surface area contributed by atoms with Crippen LogP contribution in [0.2, 0.25) is 0 Å². The van der Waals surface area contributed by atoms with Gasteiger partial charge in [0.1, 0.15) is 18.2 Å². The van der Waals surface area contributed by atoms with Crippen molar-refractivity contribution in [3.05, 3.63) is 0 Å². The van der Waals surface area contributed by atoms with E-state index in [-0.39, 0.29) is 0 Å². The second-order valence-electron chi connectivity index (χ2n) is 3.49. The molecule has 16 heavy (non-hydrogen) atoms. The molecule has 0 bridgehead atoms. The van der Waals surface area contributed by atoms with E-state index in [1.807, 2.05) is 0 Å². The predicted molar refractivity (Wildman–Crippen MR) is 48.1 cm³/mol. The Bertz CT molecular complexity index is 294. The van der Waals surface area contributed by atoms with Gasteiger partial charge in [-0.05, 0) is 0 Å². The van der Waals surface area contributed by atoms with Gasteiger partial charge in [-0.1, -0.05) is 0 Å². The molecule has 1 fully saturated rings. The summed E-state index contributed by atoms with van der Waals surface area (Å²) in [4.78, 5) is 21.3. The van der Waals surface area contributed by atoms with Gasteiger partial charge in [0.2, 0.25) is 5.91 Å². The van der Waals surface area contributed by atoms with Gasteiger partial charge in [-0.3, -0.25) is 4.79 Å². The number of carbonyl (C=O) groups excluding carboxylic acids is 1. The molecular weight excluding hydrogens is 222 g/mol. The molecule has 5 atom stereocenters. The molecule has 0 saturated carbocycles. The fourth-order valence-electron chi connectivity index (χ4n) is 1.47. The maximum atomic E-state index is 10.7. The zero-order valence-corrected chi connectivity index (χ0v) is 8.40. The molecule has 92 valence electrons. The molecule has 5 N–H and O–H groups in total. The minimum absolute atomic E-state index is 0.548. The molecule has 1 heterocycles. The Labute approximate surface area is 90.5 Å². The second-order valence-corrected chi connectivity index (χ2v) is 3.49. The summed E-state index contributed by atoms with van der Waals surface area (Å²) >= 11 is 0. The highest BCUT2D eigenvalue weighted by molar-refractivity contribution is 5.74. The average molecular weight is 235 g/mol. The van der Waals surface area contributed by atoms with Crippen LogP contribution in [0.3, 0.4) is 0 Å². The van der Waals surface area contributed by atoms with Gasteiger partial charge >= 0.3 is 5.97 Å². The van der Waals surface area contributed by atoms with Crippen molar-refractivity contribution >= 4 is 11.9 Å². The minimum atomic E-state index is -1.73. The van der Waals surface area contributed by atoms with E-state index in [4.69, 9.17) is 5.11 Å². The Kier molecular flexibility index (Phi) is 3.81. The van der Waals surface area contributed by atoms with E-state index in [9.17, 15) is 24.9 Å². The third-order valence-electron chi connectivity index (χ3n) is 2.23. The van der Waals surface area contributed by atoms with Crippen LogP contribution in [0.25, 0.3) is 0 Å². The third kappa shape index (κ3) is 2.47. The number of rotatable bonds is 2. The number of hydrogen-bond acceptors (Lipinski definition) is 6. The van der Waals surface area contributed by atoms with E-state index < -0.39 is 42.5 Å². The number of hydrogen-bond donors (Lipinski definition) is 5. The standard InChI is InChI=1S/C8H13NO7/c1-2(10)9-3-4(11)5(12)6(7(13)14)16-8(3)15/h3-6,8,11-12,15H,1H3,(H,9,10)(H,13,14)/t3-,4+,5+,6-,8-/m1/s1. The number of aliphatic hydroxyl groups is 3. The van der Waals surface area contributed by atoms with E-state index in [0.29, 0.717) is 0 Å². The average Bonchev–Trinajstić information content (AvgIpc) is 2.17. The number of ether oxygens (including phenoxy) is 1. The topological polar surface area (TPSA) is 136 Å². The molecule has 1 aliphatic rings. The summed E-state index contributed by atoms with van der Waals surface area (Å²) in [5, 5.41) is 39.0. The minimum Gasteiger partial charge on any atom is -0.479 e. The van der Waals surface area contributed by atoms with Gasteiger partial charge in [-0.2, -0.15) is 0 Å². The van der Waals surface area contributed by atoms with E-state index >= 15 is 0 Å². The summed E-state index contributed by atoms with van der Waals surface area (Å²) in [6.07, 6.45) is -6.76. The highest BCUT2D eigenvalue weighted by Gasteiger charge is 2.47. The Morgan fingerprint density at radius 3 is 2.19 bits per heavy atom. The van der Waals surface area contributed by atoms with Crippen LogP contribution < -0.4 is 5.32 Å². The molecule has 0 aromatic rings. The second kappa shape index (κ2) is 4.74. The van der Waals surface area contributed by atoms with Crippen LogP contribution in [-0.4, -0.2) is 62.9 Å². The number of carbonyl (C=O) groups is 2. The Balaban J connectivity index is 2.79. The molecule has 8 heteroatoms. The largest absolute Gasteiger partial charge is 0.479 e. The van der Waals surface area contributed by atoms with Crippen LogP contribution in [0.5, 0.6) is 0 Å². The highest BCUT2D eigenvalue weighted by atomic mass is 16.6.